The third-order valence-corrected chi connectivity index (χ3v) is 4.58. The smallest absolute Gasteiger partial charge is 0.0409 e. The molecule has 0 saturated carbocycles. The van der Waals surface area contributed by atoms with E-state index in [-0.39, 0.29) is 6.04 Å². The molecule has 0 aromatic heterocycles. The maximum absolute atomic E-state index is 11.2. The molecule has 2 aliphatic rings. The first-order chi connectivity index (χ1) is 6.57. The summed E-state index contributed by atoms with van der Waals surface area (Å²) in [6, 6.07) is 0.146. The monoisotopic (exact) mass is 215 g/mol. The summed E-state index contributed by atoms with van der Waals surface area (Å²) in [6.07, 6.45) is 4.24. The Morgan fingerprint density at radius 2 is 1.93 bits per heavy atom. The predicted molar refractivity (Wildman–Crippen MR) is 56.9 cm³/mol. The zero-order valence-corrected chi connectivity index (χ0v) is 9.33. The van der Waals surface area contributed by atoms with E-state index < -0.39 is 10.6 Å². The zero-order valence-electron chi connectivity index (χ0n) is 8.52. The summed E-state index contributed by atoms with van der Waals surface area (Å²) in [6.45, 7) is 4.36. The van der Waals surface area contributed by atoms with Crippen LogP contribution in [0.5, 0.6) is 0 Å². The molecule has 0 aliphatic carbocycles. The highest BCUT2D eigenvalue weighted by Crippen LogP contribution is 2.46. The van der Waals surface area contributed by atoms with Gasteiger partial charge in [0.05, 0.1) is 0 Å². The minimum atomic E-state index is -2.88. The van der Waals surface area contributed by atoms with Crippen LogP contribution in [0.25, 0.3) is 0 Å². The van der Waals surface area contributed by atoms with Crippen molar-refractivity contribution in [1.82, 2.24) is 4.90 Å². The van der Waals surface area contributed by atoms with Gasteiger partial charge >= 0.3 is 0 Å². The van der Waals surface area contributed by atoms with Gasteiger partial charge < -0.3 is 19.7 Å². The van der Waals surface area contributed by atoms with Gasteiger partial charge in [-0.25, -0.2) is 0 Å². The van der Waals surface area contributed by atoms with Crippen LogP contribution >= 0.6 is 10.6 Å². The van der Waals surface area contributed by atoms with Crippen LogP contribution in [0, 0.1) is 5.92 Å². The van der Waals surface area contributed by atoms with Gasteiger partial charge in [-0.15, -0.1) is 0 Å². The predicted octanol–water partition coefficient (Wildman–Crippen LogP) is 1.68. The Morgan fingerprint density at radius 1 is 1.29 bits per heavy atom. The van der Waals surface area contributed by atoms with Gasteiger partial charge in [-0.2, -0.15) is 0 Å². The maximum Gasteiger partial charge on any atom is 0.0409 e. The fraction of sp³-hybridized carbons (Fsp3) is 0.800. The van der Waals surface area contributed by atoms with Gasteiger partial charge in [0.25, 0.3) is 0 Å². The average Bonchev–Trinajstić information content (AvgIpc) is 2.47. The number of nitrogens with zero attached hydrogens (tertiary/aromatic N) is 1. The first-order valence-electron chi connectivity index (χ1n) is 5.22. The van der Waals surface area contributed by atoms with E-state index in [9.17, 15) is 9.11 Å². The molecule has 2 aliphatic heterocycles. The van der Waals surface area contributed by atoms with E-state index >= 15 is 0 Å². The molecule has 0 amide bonds. The second-order valence-corrected chi connectivity index (χ2v) is 6.38. The van der Waals surface area contributed by atoms with Crippen LogP contribution in [0.15, 0.2) is 11.5 Å². The summed E-state index contributed by atoms with van der Waals surface area (Å²) < 4.78 is 22.5. The number of rotatable bonds is 1. The quantitative estimate of drug-likeness (QED) is 0.668. The number of piperidine rings is 1. The summed E-state index contributed by atoms with van der Waals surface area (Å²) in [5, 5.41) is 1.37. The Balaban J connectivity index is 1.89. The van der Waals surface area contributed by atoms with E-state index in [1.54, 1.807) is 0 Å². The van der Waals surface area contributed by atoms with Gasteiger partial charge in [0.2, 0.25) is 0 Å². The van der Waals surface area contributed by atoms with Gasteiger partial charge in [-0.1, -0.05) is 18.4 Å². The van der Waals surface area contributed by atoms with Crippen molar-refractivity contribution < 1.29 is 9.11 Å². The van der Waals surface area contributed by atoms with Crippen LogP contribution in [-0.4, -0.2) is 38.9 Å². The SMILES string of the molecule is CC1CCN(C2C=CS([O-])([O-])C2)CC1. The van der Waals surface area contributed by atoms with E-state index in [1.807, 2.05) is 6.08 Å². The lowest BCUT2D eigenvalue weighted by atomic mass is 9.98. The van der Waals surface area contributed by atoms with Crippen LogP contribution in [0.4, 0.5) is 0 Å². The Labute approximate surface area is 87.1 Å². The van der Waals surface area contributed by atoms with Gasteiger partial charge in [0, 0.05) is 6.04 Å². The third-order valence-electron chi connectivity index (χ3n) is 3.20. The van der Waals surface area contributed by atoms with E-state index in [1.165, 1.54) is 18.2 Å². The molecule has 1 fully saturated rings. The molecular formula is C10H17NO2S-2. The molecule has 0 N–H and O–H groups in total. The maximum atomic E-state index is 11.2. The molecule has 4 heteroatoms. The van der Waals surface area contributed by atoms with Crippen molar-refractivity contribution in [3.63, 3.8) is 0 Å². The molecule has 14 heavy (non-hydrogen) atoms. The Hall–Kier alpha value is -0.0300. The van der Waals surface area contributed by atoms with Crippen LogP contribution in [0.2, 0.25) is 0 Å². The highest BCUT2D eigenvalue weighted by Gasteiger charge is 2.23. The van der Waals surface area contributed by atoms with Crippen LogP contribution in [0.1, 0.15) is 19.8 Å². The molecule has 0 radical (unpaired) electrons. The van der Waals surface area contributed by atoms with E-state index in [2.05, 4.69) is 11.8 Å². The molecule has 1 unspecified atom stereocenters. The minimum absolute atomic E-state index is 0.146. The van der Waals surface area contributed by atoms with Crippen molar-refractivity contribution in [3.05, 3.63) is 11.5 Å². The molecule has 2 heterocycles. The first-order valence-corrected chi connectivity index (χ1v) is 6.93. The highest BCUT2D eigenvalue weighted by molar-refractivity contribution is 8.26. The summed E-state index contributed by atoms with van der Waals surface area (Å²) in [5.74, 6) is 1.09. The molecule has 0 bridgehead atoms. The topological polar surface area (TPSA) is 49.4 Å². The lowest BCUT2D eigenvalue weighted by Gasteiger charge is -2.56. The standard InChI is InChI=1S/C10H19NO2S/c1-9-2-5-11(6-3-9)10-4-7-14(12,13)8-10/h4,7,9-10,12-13H,2-3,5-6,8H2,1H3/p-2. The van der Waals surface area contributed by atoms with Crippen molar-refractivity contribution in [1.29, 1.82) is 0 Å². The van der Waals surface area contributed by atoms with Crippen molar-refractivity contribution >= 4 is 10.6 Å². The lowest BCUT2D eigenvalue weighted by molar-refractivity contribution is 0.171. The molecule has 0 aromatic carbocycles. The summed E-state index contributed by atoms with van der Waals surface area (Å²) in [4.78, 5) is 2.29. The molecule has 82 valence electrons. The molecule has 1 atom stereocenters. The Morgan fingerprint density at radius 3 is 2.43 bits per heavy atom. The number of likely N-dealkylation sites (tertiary alicyclic amines) is 1. The average molecular weight is 215 g/mol. The van der Waals surface area contributed by atoms with Gasteiger partial charge in [0.15, 0.2) is 0 Å². The number of sulfone groups is 1. The third kappa shape index (κ3) is 2.31. The highest BCUT2D eigenvalue weighted by atomic mass is 32.3. The normalized spacial score (nSPS) is 36.1. The Bertz CT molecular complexity index is 234. The van der Waals surface area contributed by atoms with Crippen molar-refractivity contribution in [2.45, 2.75) is 25.8 Å². The number of hydrogen-bond donors (Lipinski definition) is 0. The molecule has 0 spiro atoms. The van der Waals surface area contributed by atoms with Crippen molar-refractivity contribution in [2.75, 3.05) is 18.8 Å². The van der Waals surface area contributed by atoms with Crippen molar-refractivity contribution in [3.8, 4) is 0 Å². The van der Waals surface area contributed by atoms with Crippen LogP contribution in [-0.2, 0) is 0 Å². The first kappa shape index (κ1) is 10.5. The van der Waals surface area contributed by atoms with Crippen LogP contribution < -0.4 is 0 Å². The van der Waals surface area contributed by atoms with Gasteiger partial charge in [-0.05, 0) is 37.6 Å². The van der Waals surface area contributed by atoms with Gasteiger partial charge in [-0.3, -0.25) is 4.90 Å². The second kappa shape index (κ2) is 3.85. The van der Waals surface area contributed by atoms with Crippen LogP contribution in [0.3, 0.4) is 0 Å². The molecule has 1 saturated heterocycles. The zero-order chi connectivity index (χ0) is 10.2. The second-order valence-electron chi connectivity index (χ2n) is 4.44. The molecule has 3 nitrogen and oxygen atoms in total. The van der Waals surface area contributed by atoms with Crippen molar-refractivity contribution in [2.24, 2.45) is 5.92 Å². The minimum Gasteiger partial charge on any atom is -0.796 e. The van der Waals surface area contributed by atoms with Gasteiger partial charge in [0.1, 0.15) is 0 Å². The van der Waals surface area contributed by atoms with E-state index in [0.29, 0.717) is 5.75 Å². The fourth-order valence-electron chi connectivity index (χ4n) is 2.15. The largest absolute Gasteiger partial charge is 0.796 e. The molecular weight excluding hydrogens is 198 g/mol. The molecule has 2 rings (SSSR count). The molecule has 0 aromatic rings. The fourth-order valence-corrected chi connectivity index (χ4v) is 3.48. The number of hydrogen-bond acceptors (Lipinski definition) is 3. The summed E-state index contributed by atoms with van der Waals surface area (Å²) >= 11 is 0. The lowest BCUT2D eigenvalue weighted by Crippen LogP contribution is -2.41. The summed E-state index contributed by atoms with van der Waals surface area (Å²) in [7, 11) is -2.88. The van der Waals surface area contributed by atoms with E-state index in [4.69, 9.17) is 0 Å². The summed E-state index contributed by atoms with van der Waals surface area (Å²) in [5.41, 5.74) is 0. The van der Waals surface area contributed by atoms with E-state index in [0.717, 1.165) is 19.0 Å². The Kier molecular flexibility index (Phi) is 2.88.